The number of hydrogen-bond donors (Lipinski definition) is 2. The molecule has 164 valence electrons. The molecule has 4 rings (SSSR count). The van der Waals surface area contributed by atoms with Crippen LogP contribution in [0.2, 0.25) is 0 Å². The number of ether oxygens (including phenoxy) is 1. The summed E-state index contributed by atoms with van der Waals surface area (Å²) in [6.45, 7) is 3.86. The molecular weight excluding hydrogens is 415 g/mol. The zero-order valence-corrected chi connectivity index (χ0v) is 18.0. The minimum atomic E-state index is -0.638. The number of imidazole rings is 1. The average Bonchev–Trinajstić information content (AvgIpc) is 3.36. The van der Waals surface area contributed by atoms with Crippen molar-refractivity contribution in [2.24, 2.45) is 5.41 Å². The van der Waals surface area contributed by atoms with E-state index < -0.39 is 11.2 Å². The molecule has 0 aliphatic carbocycles. The van der Waals surface area contributed by atoms with E-state index in [1.807, 2.05) is 0 Å². The number of nitrogens with one attached hydrogen (secondary N) is 2. The third-order valence-electron chi connectivity index (χ3n) is 4.99. The molecule has 0 saturated heterocycles. The van der Waals surface area contributed by atoms with Crippen molar-refractivity contribution in [3.05, 3.63) is 42.2 Å². The van der Waals surface area contributed by atoms with Gasteiger partial charge in [-0.25, -0.2) is 13.9 Å². The lowest BCUT2D eigenvalue weighted by Crippen LogP contribution is -2.22. The first-order valence-corrected chi connectivity index (χ1v) is 9.75. The van der Waals surface area contributed by atoms with Gasteiger partial charge in [0.2, 0.25) is 11.8 Å². The Morgan fingerprint density at radius 1 is 1.34 bits per heavy atom. The molecule has 0 saturated carbocycles. The standard InChI is InChI=1S/C21H21FN8O2/c1-21(2,10-23)11-26-20-27-19(32-4)17-16(13(22)9-30(17)28-20)12-5-6-15-25-7-14(18(31)24-3)29(15)8-12/h5-9H,11H2,1-4H3,(H,24,31)(H,26,28). The maximum atomic E-state index is 15.1. The Kier molecular flexibility index (Phi) is 5.14. The molecule has 0 unspecified atom stereocenters. The molecule has 0 aromatic carbocycles. The van der Waals surface area contributed by atoms with E-state index in [4.69, 9.17) is 4.74 Å². The molecule has 0 bridgehead atoms. The van der Waals surface area contributed by atoms with Crippen molar-refractivity contribution >= 4 is 23.0 Å². The summed E-state index contributed by atoms with van der Waals surface area (Å²) < 4.78 is 23.5. The lowest BCUT2D eigenvalue weighted by molar-refractivity contribution is 0.0957. The molecule has 0 aliphatic heterocycles. The normalized spacial score (nSPS) is 11.5. The molecule has 10 nitrogen and oxygen atoms in total. The topological polar surface area (TPSA) is 122 Å². The molecular formula is C21H21FN8O2. The lowest BCUT2D eigenvalue weighted by atomic mass is 9.96. The van der Waals surface area contributed by atoms with Gasteiger partial charge in [-0.15, -0.1) is 5.10 Å². The van der Waals surface area contributed by atoms with E-state index in [2.05, 4.69) is 31.8 Å². The summed E-state index contributed by atoms with van der Waals surface area (Å²) in [4.78, 5) is 20.7. The molecule has 0 spiro atoms. The largest absolute Gasteiger partial charge is 0.479 e. The van der Waals surface area contributed by atoms with Crippen LogP contribution in [0.5, 0.6) is 5.88 Å². The number of hydrogen-bond acceptors (Lipinski definition) is 7. The molecule has 11 heteroatoms. The molecule has 2 N–H and O–H groups in total. The number of fused-ring (bicyclic) bond motifs is 2. The van der Waals surface area contributed by atoms with Crippen LogP contribution in [0, 0.1) is 22.6 Å². The van der Waals surface area contributed by atoms with E-state index in [1.54, 1.807) is 36.6 Å². The van der Waals surface area contributed by atoms with Gasteiger partial charge in [-0.2, -0.15) is 10.2 Å². The zero-order valence-electron chi connectivity index (χ0n) is 18.0. The minimum absolute atomic E-state index is 0.161. The van der Waals surface area contributed by atoms with Crippen LogP contribution in [0.1, 0.15) is 24.3 Å². The number of nitriles is 1. The second-order valence-corrected chi connectivity index (χ2v) is 7.81. The van der Waals surface area contributed by atoms with Gasteiger partial charge < -0.3 is 15.4 Å². The Hall–Kier alpha value is -4.20. The molecule has 0 radical (unpaired) electrons. The van der Waals surface area contributed by atoms with Crippen molar-refractivity contribution < 1.29 is 13.9 Å². The van der Waals surface area contributed by atoms with Crippen LogP contribution in [0.15, 0.2) is 30.7 Å². The summed E-state index contributed by atoms with van der Waals surface area (Å²) in [5.74, 6) is -0.485. The highest BCUT2D eigenvalue weighted by molar-refractivity contribution is 5.93. The fraction of sp³-hybridized carbons (Fsp3) is 0.286. The van der Waals surface area contributed by atoms with Crippen molar-refractivity contribution in [1.82, 2.24) is 29.3 Å². The van der Waals surface area contributed by atoms with Crippen LogP contribution in [-0.2, 0) is 0 Å². The number of carbonyl (C=O) groups excluding carboxylic acids is 1. The van der Waals surface area contributed by atoms with Crippen LogP contribution in [0.4, 0.5) is 10.3 Å². The third-order valence-corrected chi connectivity index (χ3v) is 4.99. The summed E-state index contributed by atoms with van der Waals surface area (Å²) >= 11 is 0. The monoisotopic (exact) mass is 436 g/mol. The van der Waals surface area contributed by atoms with Crippen LogP contribution in [0.3, 0.4) is 0 Å². The molecule has 4 aromatic rings. The summed E-state index contributed by atoms with van der Waals surface area (Å²) in [5, 5.41) is 19.1. The van der Waals surface area contributed by atoms with Gasteiger partial charge in [0.05, 0.1) is 36.6 Å². The van der Waals surface area contributed by atoms with Crippen molar-refractivity contribution in [2.45, 2.75) is 13.8 Å². The molecule has 4 heterocycles. The first-order chi connectivity index (χ1) is 15.3. The Morgan fingerprint density at radius 3 is 2.81 bits per heavy atom. The molecule has 1 amide bonds. The van der Waals surface area contributed by atoms with Gasteiger partial charge in [0.15, 0.2) is 5.82 Å². The maximum absolute atomic E-state index is 15.1. The Bertz CT molecular complexity index is 1380. The van der Waals surface area contributed by atoms with Crippen molar-refractivity contribution in [3.8, 4) is 23.1 Å². The number of anilines is 1. The second-order valence-electron chi connectivity index (χ2n) is 7.81. The van der Waals surface area contributed by atoms with E-state index in [0.29, 0.717) is 29.0 Å². The van der Waals surface area contributed by atoms with Gasteiger partial charge in [-0.1, -0.05) is 0 Å². The summed E-state index contributed by atoms with van der Waals surface area (Å²) in [6, 6.07) is 5.59. The number of nitrogens with zero attached hydrogens (tertiary/aromatic N) is 6. The predicted octanol–water partition coefficient (Wildman–Crippen LogP) is 2.51. The average molecular weight is 436 g/mol. The molecule has 32 heavy (non-hydrogen) atoms. The Morgan fingerprint density at radius 2 is 2.12 bits per heavy atom. The molecule has 4 aromatic heterocycles. The van der Waals surface area contributed by atoms with Crippen LogP contribution in [0.25, 0.3) is 22.3 Å². The summed E-state index contributed by atoms with van der Waals surface area (Å²) in [7, 11) is 2.96. The number of carbonyl (C=O) groups is 1. The second kappa shape index (κ2) is 7.81. The molecule has 0 atom stereocenters. The van der Waals surface area contributed by atoms with E-state index in [0.717, 1.165) is 0 Å². The highest BCUT2D eigenvalue weighted by atomic mass is 19.1. The summed E-state index contributed by atoms with van der Waals surface area (Å²) in [5.41, 5.74) is 1.28. The molecule has 0 fully saturated rings. The van der Waals surface area contributed by atoms with Gasteiger partial charge in [0, 0.05) is 25.4 Å². The fourth-order valence-electron chi connectivity index (χ4n) is 3.28. The Labute approximate surface area is 182 Å². The van der Waals surface area contributed by atoms with E-state index in [-0.39, 0.29) is 23.3 Å². The van der Waals surface area contributed by atoms with Gasteiger partial charge >= 0.3 is 0 Å². The van der Waals surface area contributed by atoms with Crippen LogP contribution < -0.4 is 15.4 Å². The number of amides is 1. The van der Waals surface area contributed by atoms with Crippen molar-refractivity contribution in [1.29, 1.82) is 5.26 Å². The first kappa shape index (κ1) is 21.0. The number of halogens is 1. The van der Waals surface area contributed by atoms with E-state index in [1.165, 1.54) is 31.1 Å². The zero-order chi connectivity index (χ0) is 23.0. The van der Waals surface area contributed by atoms with Crippen molar-refractivity contribution in [2.75, 3.05) is 26.0 Å². The number of methoxy groups -OCH3 is 1. The smallest absolute Gasteiger partial charge is 0.269 e. The maximum Gasteiger partial charge on any atom is 0.269 e. The lowest BCUT2D eigenvalue weighted by Gasteiger charge is -2.16. The number of pyridine rings is 1. The van der Waals surface area contributed by atoms with Gasteiger partial charge in [-0.3, -0.25) is 9.20 Å². The van der Waals surface area contributed by atoms with Gasteiger partial charge in [0.1, 0.15) is 16.9 Å². The predicted molar refractivity (Wildman–Crippen MR) is 115 cm³/mol. The van der Waals surface area contributed by atoms with Crippen molar-refractivity contribution in [3.63, 3.8) is 0 Å². The minimum Gasteiger partial charge on any atom is -0.479 e. The first-order valence-electron chi connectivity index (χ1n) is 9.75. The van der Waals surface area contributed by atoms with Crippen LogP contribution in [-0.4, -0.2) is 50.6 Å². The highest BCUT2D eigenvalue weighted by Crippen LogP contribution is 2.34. The molecule has 0 aliphatic rings. The highest BCUT2D eigenvalue weighted by Gasteiger charge is 2.22. The van der Waals surface area contributed by atoms with E-state index >= 15 is 4.39 Å². The Balaban J connectivity index is 1.84. The number of rotatable bonds is 6. The van der Waals surface area contributed by atoms with E-state index in [9.17, 15) is 10.1 Å². The van der Waals surface area contributed by atoms with Crippen LogP contribution >= 0.6 is 0 Å². The SMILES string of the molecule is CNC(=O)c1cnc2ccc(-c3c(F)cn4nc(NCC(C)(C)C#N)nc(OC)c34)cn12. The van der Waals surface area contributed by atoms with Gasteiger partial charge in [0.25, 0.3) is 5.91 Å². The summed E-state index contributed by atoms with van der Waals surface area (Å²) in [6.07, 6.45) is 4.32. The van der Waals surface area contributed by atoms with Gasteiger partial charge in [-0.05, 0) is 26.0 Å². The fourth-order valence-corrected chi connectivity index (χ4v) is 3.28. The number of aromatic nitrogens is 5. The third kappa shape index (κ3) is 3.56. The quantitative estimate of drug-likeness (QED) is 0.476.